The average Bonchev–Trinajstić information content (AvgIpc) is 3.26. The molecule has 1 aromatic heterocycles. The van der Waals surface area contributed by atoms with E-state index >= 15 is 0 Å². The Bertz CT molecular complexity index is 1060. The molecule has 1 fully saturated rings. The standard InChI is InChI=1S/C20H17ClN4O3/c21-13-2-1-3-14(9-13)22-20(26)23-19-17(11-4-5-11)24-25-18(19)12-6-7-15-16(8-12)28-10-27-15/h1-3,6-9,11H,4-5,10H2,(H,24,25)(H2,22,23,26). The molecule has 0 saturated heterocycles. The van der Waals surface area contributed by atoms with Crippen LogP contribution < -0.4 is 20.1 Å². The highest BCUT2D eigenvalue weighted by molar-refractivity contribution is 6.30. The number of hydrogen-bond donors (Lipinski definition) is 3. The van der Waals surface area contributed by atoms with Crippen LogP contribution in [0.2, 0.25) is 5.02 Å². The topological polar surface area (TPSA) is 88.3 Å². The first-order valence-corrected chi connectivity index (χ1v) is 9.37. The predicted octanol–water partition coefficient (Wildman–Crippen LogP) is 4.98. The smallest absolute Gasteiger partial charge is 0.323 e. The van der Waals surface area contributed by atoms with Crippen molar-refractivity contribution in [1.29, 1.82) is 0 Å². The first-order valence-electron chi connectivity index (χ1n) is 8.99. The number of aromatic nitrogens is 2. The molecular formula is C20H17ClN4O3. The van der Waals surface area contributed by atoms with Crippen molar-refractivity contribution in [3.8, 4) is 22.8 Å². The van der Waals surface area contributed by atoms with Crippen LogP contribution in [0.5, 0.6) is 11.5 Å². The summed E-state index contributed by atoms with van der Waals surface area (Å²) in [6.45, 7) is 0.208. The van der Waals surface area contributed by atoms with Crippen molar-refractivity contribution in [1.82, 2.24) is 10.2 Å². The van der Waals surface area contributed by atoms with E-state index in [4.69, 9.17) is 21.1 Å². The Morgan fingerprint density at radius 1 is 1.11 bits per heavy atom. The van der Waals surface area contributed by atoms with Crippen molar-refractivity contribution in [2.75, 3.05) is 17.4 Å². The van der Waals surface area contributed by atoms with Gasteiger partial charge in [0.1, 0.15) is 5.69 Å². The third kappa shape index (κ3) is 3.25. The maximum atomic E-state index is 12.6. The number of nitrogens with zero attached hydrogens (tertiary/aromatic N) is 1. The lowest BCUT2D eigenvalue weighted by Gasteiger charge is -2.10. The zero-order valence-electron chi connectivity index (χ0n) is 14.8. The Hall–Kier alpha value is -3.19. The van der Waals surface area contributed by atoms with Crippen LogP contribution in [0, 0.1) is 0 Å². The van der Waals surface area contributed by atoms with Crippen LogP contribution >= 0.6 is 11.6 Å². The minimum absolute atomic E-state index is 0.208. The molecule has 2 aromatic carbocycles. The fraction of sp³-hybridized carbons (Fsp3) is 0.200. The van der Waals surface area contributed by atoms with Gasteiger partial charge in [0.05, 0.1) is 11.4 Å². The first-order chi connectivity index (χ1) is 13.7. The molecule has 0 spiro atoms. The molecule has 0 bridgehead atoms. The Labute approximate surface area is 166 Å². The van der Waals surface area contributed by atoms with E-state index in [1.165, 1.54) is 0 Å². The van der Waals surface area contributed by atoms with Crippen LogP contribution in [-0.2, 0) is 0 Å². The summed E-state index contributed by atoms with van der Waals surface area (Å²) in [5.41, 5.74) is 3.74. The number of amides is 2. The van der Waals surface area contributed by atoms with E-state index in [9.17, 15) is 4.79 Å². The average molecular weight is 397 g/mol. The summed E-state index contributed by atoms with van der Waals surface area (Å²) in [5, 5.41) is 13.9. The van der Waals surface area contributed by atoms with Gasteiger partial charge in [0.2, 0.25) is 6.79 Å². The molecule has 28 heavy (non-hydrogen) atoms. The van der Waals surface area contributed by atoms with E-state index in [1.54, 1.807) is 24.3 Å². The minimum Gasteiger partial charge on any atom is -0.454 e. The molecule has 3 N–H and O–H groups in total. The van der Waals surface area contributed by atoms with Gasteiger partial charge < -0.3 is 20.1 Å². The molecule has 2 aliphatic rings. The Kier molecular flexibility index (Phi) is 4.09. The van der Waals surface area contributed by atoms with Gasteiger partial charge >= 0.3 is 6.03 Å². The number of rotatable bonds is 4. The lowest BCUT2D eigenvalue weighted by atomic mass is 10.1. The molecule has 1 aliphatic carbocycles. The molecule has 1 saturated carbocycles. The highest BCUT2D eigenvalue weighted by Gasteiger charge is 2.31. The Balaban J connectivity index is 1.44. The predicted molar refractivity (Wildman–Crippen MR) is 106 cm³/mol. The number of anilines is 2. The molecule has 3 aromatic rings. The number of halogens is 1. The van der Waals surface area contributed by atoms with Crippen LogP contribution in [0.25, 0.3) is 11.3 Å². The van der Waals surface area contributed by atoms with Gasteiger partial charge in [-0.25, -0.2) is 4.79 Å². The van der Waals surface area contributed by atoms with Crippen molar-refractivity contribution in [2.24, 2.45) is 0 Å². The van der Waals surface area contributed by atoms with Crippen LogP contribution in [-0.4, -0.2) is 23.0 Å². The van der Waals surface area contributed by atoms with Crippen LogP contribution in [0.15, 0.2) is 42.5 Å². The monoisotopic (exact) mass is 396 g/mol. The number of H-pyrrole nitrogens is 1. The Morgan fingerprint density at radius 3 is 2.79 bits per heavy atom. The zero-order valence-corrected chi connectivity index (χ0v) is 15.5. The second-order valence-electron chi connectivity index (χ2n) is 6.79. The molecule has 142 valence electrons. The van der Waals surface area contributed by atoms with Gasteiger partial charge in [-0.1, -0.05) is 17.7 Å². The van der Waals surface area contributed by atoms with E-state index in [-0.39, 0.29) is 12.8 Å². The number of urea groups is 1. The summed E-state index contributed by atoms with van der Waals surface area (Å²) in [6, 6.07) is 12.3. The van der Waals surface area contributed by atoms with Gasteiger partial charge in [-0.3, -0.25) is 5.10 Å². The summed E-state index contributed by atoms with van der Waals surface area (Å²) >= 11 is 5.99. The summed E-state index contributed by atoms with van der Waals surface area (Å²) < 4.78 is 10.8. The van der Waals surface area contributed by atoms with Crippen molar-refractivity contribution >= 4 is 29.0 Å². The van der Waals surface area contributed by atoms with Gasteiger partial charge in [-0.2, -0.15) is 5.10 Å². The SMILES string of the molecule is O=C(Nc1cccc(Cl)c1)Nc1c(-c2ccc3c(c2)OCO3)n[nH]c1C1CC1. The van der Waals surface area contributed by atoms with E-state index in [2.05, 4.69) is 20.8 Å². The minimum atomic E-state index is -0.354. The van der Waals surface area contributed by atoms with E-state index in [0.29, 0.717) is 39.5 Å². The molecule has 0 radical (unpaired) electrons. The number of fused-ring (bicyclic) bond motifs is 1. The second kappa shape index (κ2) is 6.76. The number of aromatic amines is 1. The molecule has 5 rings (SSSR count). The van der Waals surface area contributed by atoms with E-state index in [0.717, 1.165) is 24.1 Å². The number of benzene rings is 2. The normalized spacial score (nSPS) is 14.8. The molecule has 2 heterocycles. The van der Waals surface area contributed by atoms with Crippen molar-refractivity contribution in [3.05, 3.63) is 53.2 Å². The third-order valence-corrected chi connectivity index (χ3v) is 4.98. The van der Waals surface area contributed by atoms with Gasteiger partial charge in [0, 0.05) is 22.2 Å². The van der Waals surface area contributed by atoms with Crippen molar-refractivity contribution in [2.45, 2.75) is 18.8 Å². The molecular weight excluding hydrogens is 380 g/mol. The van der Waals surface area contributed by atoms with Crippen LogP contribution in [0.3, 0.4) is 0 Å². The van der Waals surface area contributed by atoms with Gasteiger partial charge in [0.25, 0.3) is 0 Å². The fourth-order valence-electron chi connectivity index (χ4n) is 3.24. The van der Waals surface area contributed by atoms with Crippen molar-refractivity contribution < 1.29 is 14.3 Å². The first kappa shape index (κ1) is 16.9. The van der Waals surface area contributed by atoms with Gasteiger partial charge in [0.15, 0.2) is 11.5 Å². The molecule has 8 heteroatoms. The quantitative estimate of drug-likeness (QED) is 0.580. The van der Waals surface area contributed by atoms with Gasteiger partial charge in [-0.15, -0.1) is 0 Å². The van der Waals surface area contributed by atoms with Gasteiger partial charge in [-0.05, 0) is 49.2 Å². The van der Waals surface area contributed by atoms with E-state index < -0.39 is 0 Å². The highest BCUT2D eigenvalue weighted by Crippen LogP contribution is 2.46. The lowest BCUT2D eigenvalue weighted by molar-refractivity contribution is 0.174. The number of carbonyl (C=O) groups is 1. The maximum absolute atomic E-state index is 12.6. The molecule has 0 atom stereocenters. The largest absolute Gasteiger partial charge is 0.454 e. The maximum Gasteiger partial charge on any atom is 0.323 e. The third-order valence-electron chi connectivity index (χ3n) is 4.75. The number of hydrogen-bond acceptors (Lipinski definition) is 4. The highest BCUT2D eigenvalue weighted by atomic mass is 35.5. The second-order valence-corrected chi connectivity index (χ2v) is 7.23. The zero-order chi connectivity index (χ0) is 19.1. The Morgan fingerprint density at radius 2 is 1.96 bits per heavy atom. The van der Waals surface area contributed by atoms with E-state index in [1.807, 2.05) is 18.2 Å². The van der Waals surface area contributed by atoms with Crippen molar-refractivity contribution in [3.63, 3.8) is 0 Å². The summed E-state index contributed by atoms with van der Waals surface area (Å²) in [6.07, 6.45) is 2.15. The lowest BCUT2D eigenvalue weighted by Crippen LogP contribution is -2.20. The summed E-state index contributed by atoms with van der Waals surface area (Å²) in [4.78, 5) is 12.6. The van der Waals surface area contributed by atoms with Crippen LogP contribution in [0.4, 0.5) is 16.2 Å². The number of ether oxygens (including phenoxy) is 2. The number of nitrogens with one attached hydrogen (secondary N) is 3. The fourth-order valence-corrected chi connectivity index (χ4v) is 3.43. The molecule has 1 aliphatic heterocycles. The molecule has 7 nitrogen and oxygen atoms in total. The number of carbonyl (C=O) groups excluding carboxylic acids is 1. The summed E-state index contributed by atoms with van der Waals surface area (Å²) in [7, 11) is 0. The molecule has 0 unspecified atom stereocenters. The van der Waals surface area contributed by atoms with Crippen LogP contribution in [0.1, 0.15) is 24.5 Å². The molecule has 2 amide bonds. The summed E-state index contributed by atoms with van der Waals surface area (Å²) in [5.74, 6) is 1.76.